The van der Waals surface area contributed by atoms with Gasteiger partial charge < -0.3 is 19.8 Å². The molecule has 6 nitrogen and oxygen atoms in total. The molecule has 140 valence electrons. The number of H-pyrrole nitrogens is 1. The molecule has 3 aromatic rings. The van der Waals surface area contributed by atoms with E-state index < -0.39 is 12.1 Å². The third kappa shape index (κ3) is 4.67. The molecule has 1 amide bonds. The van der Waals surface area contributed by atoms with E-state index in [-0.39, 0.29) is 5.91 Å². The molecule has 6 heteroatoms. The highest BCUT2D eigenvalue weighted by Crippen LogP contribution is 2.21. The lowest BCUT2D eigenvalue weighted by molar-refractivity contribution is -0.129. The van der Waals surface area contributed by atoms with E-state index in [1.807, 2.05) is 42.5 Å². The monoisotopic (exact) mass is 366 g/mol. The van der Waals surface area contributed by atoms with Crippen LogP contribution in [0.4, 0.5) is 0 Å². The Hall–Kier alpha value is -3.28. The van der Waals surface area contributed by atoms with Crippen LogP contribution in [0.3, 0.4) is 0 Å². The number of hydrogen-bond acceptors (Lipinski definition) is 4. The van der Waals surface area contributed by atoms with Gasteiger partial charge >= 0.3 is 5.97 Å². The van der Waals surface area contributed by atoms with Gasteiger partial charge in [0.25, 0.3) is 5.91 Å². The number of fused-ring (bicyclic) bond motifs is 1. The Morgan fingerprint density at radius 1 is 1.11 bits per heavy atom. The van der Waals surface area contributed by atoms with Crippen LogP contribution in [0.15, 0.2) is 54.6 Å². The second-order valence-corrected chi connectivity index (χ2v) is 6.21. The number of methoxy groups -OCH3 is 1. The van der Waals surface area contributed by atoms with Crippen LogP contribution in [0.5, 0.6) is 5.75 Å². The van der Waals surface area contributed by atoms with Crippen molar-refractivity contribution in [3.63, 3.8) is 0 Å². The summed E-state index contributed by atoms with van der Waals surface area (Å²) in [5.41, 5.74) is 2.19. The smallest absolute Gasteiger partial charge is 0.355 e. The minimum Gasteiger partial charge on any atom is -0.497 e. The van der Waals surface area contributed by atoms with Gasteiger partial charge in [0.15, 0.2) is 6.10 Å². The Kier molecular flexibility index (Phi) is 5.76. The molecule has 0 aliphatic heterocycles. The van der Waals surface area contributed by atoms with Crippen LogP contribution in [0.25, 0.3) is 10.9 Å². The zero-order valence-corrected chi connectivity index (χ0v) is 15.3. The average molecular weight is 366 g/mol. The van der Waals surface area contributed by atoms with E-state index in [0.29, 0.717) is 18.0 Å². The number of esters is 1. The lowest BCUT2D eigenvalue weighted by Crippen LogP contribution is -2.36. The lowest BCUT2D eigenvalue weighted by Gasteiger charge is -2.13. The fourth-order valence-corrected chi connectivity index (χ4v) is 2.74. The summed E-state index contributed by atoms with van der Waals surface area (Å²) in [5.74, 6) is -0.205. The number of rotatable bonds is 7. The highest BCUT2D eigenvalue weighted by Gasteiger charge is 2.20. The van der Waals surface area contributed by atoms with E-state index in [4.69, 9.17) is 9.47 Å². The number of nitrogens with one attached hydrogen (secondary N) is 2. The van der Waals surface area contributed by atoms with E-state index in [9.17, 15) is 9.59 Å². The van der Waals surface area contributed by atoms with Crippen LogP contribution in [-0.2, 0) is 16.0 Å². The Bertz CT molecular complexity index is 934. The van der Waals surface area contributed by atoms with Crippen molar-refractivity contribution in [1.29, 1.82) is 0 Å². The van der Waals surface area contributed by atoms with Gasteiger partial charge in [-0.15, -0.1) is 0 Å². The molecule has 0 spiro atoms. The van der Waals surface area contributed by atoms with Gasteiger partial charge in [-0.1, -0.05) is 30.3 Å². The van der Waals surface area contributed by atoms with Crippen LogP contribution < -0.4 is 10.1 Å². The van der Waals surface area contributed by atoms with Gasteiger partial charge in [-0.25, -0.2) is 4.79 Å². The Balaban J connectivity index is 1.54. The molecule has 3 rings (SSSR count). The predicted octanol–water partition coefficient (Wildman–Crippen LogP) is 3.08. The molecular weight excluding hydrogens is 344 g/mol. The van der Waals surface area contributed by atoms with E-state index in [1.54, 1.807) is 26.2 Å². The van der Waals surface area contributed by atoms with Gasteiger partial charge in [0.2, 0.25) is 0 Å². The van der Waals surface area contributed by atoms with Crippen molar-refractivity contribution < 1.29 is 19.1 Å². The van der Waals surface area contributed by atoms with Crippen molar-refractivity contribution in [2.75, 3.05) is 13.7 Å². The van der Waals surface area contributed by atoms with Gasteiger partial charge in [-0.2, -0.15) is 0 Å². The maximum atomic E-state index is 12.3. The number of hydrogen-bond donors (Lipinski definition) is 2. The highest BCUT2D eigenvalue weighted by molar-refractivity contribution is 5.96. The average Bonchev–Trinajstić information content (AvgIpc) is 3.12. The zero-order valence-electron chi connectivity index (χ0n) is 15.3. The maximum absolute atomic E-state index is 12.3. The molecule has 0 aliphatic carbocycles. The molecule has 1 unspecified atom stereocenters. The molecule has 0 radical (unpaired) electrons. The van der Waals surface area contributed by atoms with Crippen LogP contribution in [0, 0.1) is 0 Å². The molecule has 1 heterocycles. The van der Waals surface area contributed by atoms with Crippen molar-refractivity contribution in [2.24, 2.45) is 0 Å². The largest absolute Gasteiger partial charge is 0.497 e. The molecule has 0 saturated heterocycles. The second kappa shape index (κ2) is 8.40. The van der Waals surface area contributed by atoms with Crippen molar-refractivity contribution in [1.82, 2.24) is 10.3 Å². The van der Waals surface area contributed by atoms with E-state index in [1.165, 1.54) is 0 Å². The van der Waals surface area contributed by atoms with Gasteiger partial charge in [-0.05, 0) is 37.1 Å². The lowest BCUT2D eigenvalue weighted by atomic mass is 10.1. The van der Waals surface area contributed by atoms with E-state index in [0.717, 1.165) is 22.9 Å². The van der Waals surface area contributed by atoms with Crippen molar-refractivity contribution >= 4 is 22.8 Å². The third-order valence-electron chi connectivity index (χ3n) is 4.26. The van der Waals surface area contributed by atoms with E-state index in [2.05, 4.69) is 10.3 Å². The van der Waals surface area contributed by atoms with Gasteiger partial charge in [0.1, 0.15) is 11.4 Å². The first kappa shape index (κ1) is 18.5. The molecular formula is C21H22N2O4. The number of amides is 1. The summed E-state index contributed by atoms with van der Waals surface area (Å²) >= 11 is 0. The van der Waals surface area contributed by atoms with Crippen LogP contribution in [-0.4, -0.2) is 36.6 Å². The molecule has 0 saturated carbocycles. The summed E-state index contributed by atoms with van der Waals surface area (Å²) in [7, 11) is 1.58. The third-order valence-corrected chi connectivity index (χ3v) is 4.26. The standard InChI is InChI=1S/C21H22N2O4/c1-14(20(24)22-11-10-15-6-4-3-5-7-15)27-21(25)19-12-16-8-9-17(26-2)13-18(16)23-19/h3-9,12-14,23H,10-11H2,1-2H3,(H,22,24). The normalized spacial score (nSPS) is 11.8. The maximum Gasteiger partial charge on any atom is 0.355 e. The number of benzene rings is 2. The van der Waals surface area contributed by atoms with Gasteiger partial charge in [0, 0.05) is 23.5 Å². The topological polar surface area (TPSA) is 80.4 Å². The Morgan fingerprint density at radius 3 is 2.63 bits per heavy atom. The summed E-state index contributed by atoms with van der Waals surface area (Å²) in [6.45, 7) is 2.04. The summed E-state index contributed by atoms with van der Waals surface area (Å²) in [6, 6.07) is 17.0. The van der Waals surface area contributed by atoms with Crippen molar-refractivity contribution in [3.8, 4) is 5.75 Å². The predicted molar refractivity (Wildman–Crippen MR) is 103 cm³/mol. The van der Waals surface area contributed by atoms with Gasteiger partial charge in [-0.3, -0.25) is 4.79 Å². The molecule has 2 aromatic carbocycles. The number of aromatic nitrogens is 1. The minimum atomic E-state index is -0.880. The first-order chi connectivity index (χ1) is 13.1. The zero-order chi connectivity index (χ0) is 19.2. The van der Waals surface area contributed by atoms with Crippen LogP contribution >= 0.6 is 0 Å². The Labute approximate surface area is 157 Å². The summed E-state index contributed by atoms with van der Waals surface area (Å²) in [4.78, 5) is 27.4. The minimum absolute atomic E-state index is 0.294. The second-order valence-electron chi connectivity index (χ2n) is 6.21. The van der Waals surface area contributed by atoms with Crippen LogP contribution in [0.2, 0.25) is 0 Å². The molecule has 27 heavy (non-hydrogen) atoms. The molecule has 0 aliphatic rings. The van der Waals surface area contributed by atoms with Gasteiger partial charge in [0.05, 0.1) is 7.11 Å². The molecule has 2 N–H and O–H groups in total. The fourth-order valence-electron chi connectivity index (χ4n) is 2.74. The molecule has 0 bridgehead atoms. The fraction of sp³-hybridized carbons (Fsp3) is 0.238. The van der Waals surface area contributed by atoms with Crippen LogP contribution in [0.1, 0.15) is 23.0 Å². The van der Waals surface area contributed by atoms with E-state index >= 15 is 0 Å². The summed E-state index contributed by atoms with van der Waals surface area (Å²) in [6.07, 6.45) is -0.161. The highest BCUT2D eigenvalue weighted by atomic mass is 16.5. The quantitative estimate of drug-likeness (QED) is 0.630. The summed E-state index contributed by atoms with van der Waals surface area (Å²) < 4.78 is 10.4. The number of carbonyl (C=O) groups excluding carboxylic acids is 2. The first-order valence-electron chi connectivity index (χ1n) is 8.76. The number of carbonyl (C=O) groups is 2. The first-order valence-corrected chi connectivity index (χ1v) is 8.76. The Morgan fingerprint density at radius 2 is 1.89 bits per heavy atom. The summed E-state index contributed by atoms with van der Waals surface area (Å²) in [5, 5.41) is 3.65. The SMILES string of the molecule is COc1ccc2cc(C(=O)OC(C)C(=O)NCCc3ccccc3)[nH]c2c1. The molecule has 1 atom stereocenters. The van der Waals surface area contributed by atoms with Crippen molar-refractivity contribution in [3.05, 3.63) is 65.9 Å². The molecule has 0 fully saturated rings. The molecule has 1 aromatic heterocycles. The number of aromatic amines is 1. The number of ether oxygens (including phenoxy) is 2. The van der Waals surface area contributed by atoms with Crippen molar-refractivity contribution in [2.45, 2.75) is 19.4 Å².